The number of nitrogens with zero attached hydrogens (tertiary/aromatic N) is 1. The molecule has 0 bridgehead atoms. The Morgan fingerprint density at radius 1 is 1.18 bits per heavy atom. The van der Waals surface area contributed by atoms with Gasteiger partial charge in [-0.3, -0.25) is 14.5 Å². The minimum Gasteiger partial charge on any atom is -0.490 e. The van der Waals surface area contributed by atoms with Crippen LogP contribution in [0.5, 0.6) is 5.75 Å². The molecule has 1 aliphatic heterocycles. The number of rotatable bonds is 4. The normalized spacial score (nSPS) is 15.4. The molecule has 1 saturated heterocycles. The summed E-state index contributed by atoms with van der Waals surface area (Å²) in [5, 5.41) is 0. The molecule has 5 nitrogen and oxygen atoms in total. The van der Waals surface area contributed by atoms with Crippen molar-refractivity contribution in [3.63, 3.8) is 0 Å². The Kier molecular flexibility index (Phi) is 3.27. The first-order valence-electron chi connectivity index (χ1n) is 5.49. The molecule has 1 aromatic rings. The molecule has 0 aliphatic carbocycles. The van der Waals surface area contributed by atoms with E-state index in [1.807, 2.05) is 12.1 Å². The van der Waals surface area contributed by atoms with E-state index in [2.05, 4.69) is 0 Å². The Balaban J connectivity index is 1.86. The third-order valence-corrected chi connectivity index (χ3v) is 2.65. The molecule has 2 N–H and O–H groups in total. The molecule has 0 unspecified atom stereocenters. The van der Waals surface area contributed by atoms with Gasteiger partial charge in [-0.25, -0.2) is 0 Å². The zero-order valence-electron chi connectivity index (χ0n) is 9.39. The second-order valence-electron chi connectivity index (χ2n) is 3.83. The van der Waals surface area contributed by atoms with Gasteiger partial charge >= 0.3 is 0 Å². The van der Waals surface area contributed by atoms with Crippen LogP contribution in [-0.4, -0.2) is 29.9 Å². The summed E-state index contributed by atoms with van der Waals surface area (Å²) < 4.78 is 5.42. The van der Waals surface area contributed by atoms with Crippen molar-refractivity contribution < 1.29 is 14.3 Å². The van der Waals surface area contributed by atoms with Gasteiger partial charge in [-0.05, 0) is 12.1 Å². The van der Waals surface area contributed by atoms with E-state index >= 15 is 0 Å². The van der Waals surface area contributed by atoms with E-state index in [4.69, 9.17) is 10.5 Å². The highest BCUT2D eigenvalue weighted by atomic mass is 16.5. The van der Waals surface area contributed by atoms with Crippen LogP contribution in [-0.2, 0) is 9.59 Å². The van der Waals surface area contributed by atoms with Crippen molar-refractivity contribution in [3.8, 4) is 5.75 Å². The Morgan fingerprint density at radius 3 is 2.47 bits per heavy atom. The maximum atomic E-state index is 11.3. The number of nitrogen functional groups attached to an aromatic ring is 1. The van der Waals surface area contributed by atoms with Gasteiger partial charge in [-0.15, -0.1) is 0 Å². The lowest BCUT2D eigenvalue weighted by Gasteiger charge is -2.14. The minimum absolute atomic E-state index is 0.125. The Bertz CT molecular complexity index is 429. The van der Waals surface area contributed by atoms with Crippen molar-refractivity contribution >= 4 is 17.5 Å². The van der Waals surface area contributed by atoms with E-state index in [0.717, 1.165) is 0 Å². The lowest BCUT2D eigenvalue weighted by molar-refractivity contribution is -0.138. The Labute approximate surface area is 99.2 Å². The van der Waals surface area contributed by atoms with E-state index in [1.54, 1.807) is 12.1 Å². The molecular weight excluding hydrogens is 220 g/mol. The summed E-state index contributed by atoms with van der Waals surface area (Å²) in [4.78, 5) is 23.9. The molecule has 0 radical (unpaired) electrons. The van der Waals surface area contributed by atoms with Crippen LogP contribution in [0.25, 0.3) is 0 Å². The van der Waals surface area contributed by atoms with Crippen LogP contribution >= 0.6 is 0 Å². The molecular formula is C12H14N2O3. The van der Waals surface area contributed by atoms with Crippen LogP contribution in [0.1, 0.15) is 12.8 Å². The SMILES string of the molecule is Nc1ccccc1OCCN1C(=O)CCC1=O. The average molecular weight is 234 g/mol. The number of nitrogens with two attached hydrogens (primary N) is 1. The minimum atomic E-state index is -0.125. The number of carbonyl (C=O) groups is 2. The highest BCUT2D eigenvalue weighted by Crippen LogP contribution is 2.19. The van der Waals surface area contributed by atoms with Crippen molar-refractivity contribution in [3.05, 3.63) is 24.3 Å². The van der Waals surface area contributed by atoms with Gasteiger partial charge in [0.2, 0.25) is 11.8 Å². The molecule has 0 atom stereocenters. The predicted octanol–water partition coefficient (Wildman–Crippen LogP) is 0.797. The highest BCUT2D eigenvalue weighted by molar-refractivity contribution is 6.01. The average Bonchev–Trinajstić information content (AvgIpc) is 2.63. The van der Waals surface area contributed by atoms with Crippen molar-refractivity contribution in [1.29, 1.82) is 0 Å². The van der Waals surface area contributed by atoms with Gasteiger partial charge in [-0.2, -0.15) is 0 Å². The number of amides is 2. The first-order chi connectivity index (χ1) is 8.18. The van der Waals surface area contributed by atoms with Gasteiger partial charge < -0.3 is 10.5 Å². The van der Waals surface area contributed by atoms with Crippen LogP contribution < -0.4 is 10.5 Å². The van der Waals surface area contributed by atoms with E-state index in [9.17, 15) is 9.59 Å². The summed E-state index contributed by atoms with van der Waals surface area (Å²) in [5.74, 6) is 0.325. The van der Waals surface area contributed by atoms with Crippen molar-refractivity contribution in [1.82, 2.24) is 4.90 Å². The van der Waals surface area contributed by atoms with Crippen molar-refractivity contribution in [2.24, 2.45) is 0 Å². The number of hydrogen-bond acceptors (Lipinski definition) is 4. The smallest absolute Gasteiger partial charge is 0.229 e. The second-order valence-corrected chi connectivity index (χ2v) is 3.83. The summed E-state index contributed by atoms with van der Waals surface area (Å²) in [7, 11) is 0. The lowest BCUT2D eigenvalue weighted by Crippen LogP contribution is -2.33. The zero-order valence-corrected chi connectivity index (χ0v) is 9.39. The van der Waals surface area contributed by atoms with E-state index in [0.29, 0.717) is 24.3 Å². The summed E-state index contributed by atoms with van der Waals surface area (Å²) in [6.45, 7) is 0.553. The maximum absolute atomic E-state index is 11.3. The molecule has 1 aliphatic rings. The van der Waals surface area contributed by atoms with E-state index in [-0.39, 0.29) is 25.0 Å². The molecule has 1 fully saturated rings. The van der Waals surface area contributed by atoms with E-state index in [1.165, 1.54) is 4.90 Å². The predicted molar refractivity (Wildman–Crippen MR) is 62.3 cm³/mol. The van der Waals surface area contributed by atoms with Crippen LogP contribution in [0.3, 0.4) is 0 Å². The number of ether oxygens (including phenoxy) is 1. The Hall–Kier alpha value is -2.04. The van der Waals surface area contributed by atoms with Crippen molar-refractivity contribution in [2.45, 2.75) is 12.8 Å². The second kappa shape index (κ2) is 4.86. The molecule has 2 rings (SSSR count). The summed E-state index contributed by atoms with van der Waals surface area (Å²) in [6.07, 6.45) is 0.624. The summed E-state index contributed by atoms with van der Waals surface area (Å²) in [6, 6.07) is 7.12. The topological polar surface area (TPSA) is 72.6 Å². The third-order valence-electron chi connectivity index (χ3n) is 2.65. The third kappa shape index (κ3) is 2.55. The standard InChI is InChI=1S/C12H14N2O3/c13-9-3-1-2-4-10(9)17-8-7-14-11(15)5-6-12(14)16/h1-4H,5-8,13H2. The number of hydrogen-bond donors (Lipinski definition) is 1. The van der Waals surface area contributed by atoms with Gasteiger partial charge in [0, 0.05) is 12.8 Å². The maximum Gasteiger partial charge on any atom is 0.229 e. The van der Waals surface area contributed by atoms with Gasteiger partial charge in [0.15, 0.2) is 0 Å². The van der Waals surface area contributed by atoms with Crippen LogP contribution in [0.15, 0.2) is 24.3 Å². The lowest BCUT2D eigenvalue weighted by atomic mass is 10.3. The Morgan fingerprint density at radius 2 is 1.82 bits per heavy atom. The van der Waals surface area contributed by atoms with Crippen LogP contribution in [0, 0.1) is 0 Å². The monoisotopic (exact) mass is 234 g/mol. The van der Waals surface area contributed by atoms with E-state index < -0.39 is 0 Å². The summed E-state index contributed by atoms with van der Waals surface area (Å²) >= 11 is 0. The molecule has 90 valence electrons. The number of carbonyl (C=O) groups excluding carboxylic acids is 2. The highest BCUT2D eigenvalue weighted by Gasteiger charge is 2.28. The van der Waals surface area contributed by atoms with Crippen molar-refractivity contribution in [2.75, 3.05) is 18.9 Å². The first kappa shape index (κ1) is 11.4. The largest absolute Gasteiger partial charge is 0.490 e. The molecule has 2 amide bonds. The molecule has 1 aromatic carbocycles. The molecule has 5 heteroatoms. The fourth-order valence-electron chi connectivity index (χ4n) is 1.73. The molecule has 0 aromatic heterocycles. The molecule has 17 heavy (non-hydrogen) atoms. The van der Waals surface area contributed by atoms with Gasteiger partial charge in [-0.1, -0.05) is 12.1 Å². The number of imide groups is 1. The fraction of sp³-hybridized carbons (Fsp3) is 0.333. The molecule has 1 heterocycles. The fourth-order valence-corrected chi connectivity index (χ4v) is 1.73. The number of benzene rings is 1. The first-order valence-corrected chi connectivity index (χ1v) is 5.49. The number of likely N-dealkylation sites (tertiary alicyclic amines) is 1. The van der Waals surface area contributed by atoms with Gasteiger partial charge in [0.1, 0.15) is 12.4 Å². The van der Waals surface area contributed by atoms with Gasteiger partial charge in [0.05, 0.1) is 12.2 Å². The number of para-hydroxylation sites is 2. The van der Waals surface area contributed by atoms with Gasteiger partial charge in [0.25, 0.3) is 0 Å². The van der Waals surface area contributed by atoms with Crippen LogP contribution in [0.2, 0.25) is 0 Å². The zero-order chi connectivity index (χ0) is 12.3. The molecule has 0 spiro atoms. The van der Waals surface area contributed by atoms with Crippen LogP contribution in [0.4, 0.5) is 5.69 Å². The summed E-state index contributed by atoms with van der Waals surface area (Å²) in [5.41, 5.74) is 6.24. The molecule has 0 saturated carbocycles. The number of anilines is 1. The quantitative estimate of drug-likeness (QED) is 0.617.